The molecule has 0 unspecified atom stereocenters. The van der Waals surface area contributed by atoms with Gasteiger partial charge >= 0.3 is 0 Å². The molecule has 0 saturated carbocycles. The molecule has 0 bridgehead atoms. The molecule has 1 aromatic rings. The molecule has 0 aliphatic heterocycles. The van der Waals surface area contributed by atoms with Crippen LogP contribution in [0.2, 0.25) is 0 Å². The summed E-state index contributed by atoms with van der Waals surface area (Å²) in [6, 6.07) is 4.45. The topological polar surface area (TPSA) is 17.1 Å². The van der Waals surface area contributed by atoms with Crippen molar-refractivity contribution in [3.05, 3.63) is 33.1 Å². The van der Waals surface area contributed by atoms with Crippen molar-refractivity contribution < 1.29 is 9.18 Å². The summed E-state index contributed by atoms with van der Waals surface area (Å²) in [5, 5.41) is 0. The third-order valence-electron chi connectivity index (χ3n) is 1.55. The van der Waals surface area contributed by atoms with Crippen LogP contribution in [0.5, 0.6) is 0 Å². The Labute approximate surface area is 94.4 Å². The number of halogens is 3. The molecule has 1 nitrogen and oxygen atoms in total. The summed E-state index contributed by atoms with van der Waals surface area (Å²) in [7, 11) is 0. The summed E-state index contributed by atoms with van der Waals surface area (Å²) in [6.07, 6.45) is 0.179. The standard InChI is InChI=1S/C9H7ClFIO/c10-4-3-9(13)7-5-6(12)1-2-8(7)11/h1-2,5H,3-4H2. The summed E-state index contributed by atoms with van der Waals surface area (Å²) in [5.74, 6) is -0.495. The Kier molecular flexibility index (Phi) is 4.12. The van der Waals surface area contributed by atoms with Crippen molar-refractivity contribution in [3.63, 3.8) is 0 Å². The highest BCUT2D eigenvalue weighted by atomic mass is 127. The largest absolute Gasteiger partial charge is 0.294 e. The van der Waals surface area contributed by atoms with Crippen molar-refractivity contribution in [2.45, 2.75) is 6.42 Å². The molecule has 0 aromatic heterocycles. The number of carbonyl (C=O) groups excluding carboxylic acids is 1. The van der Waals surface area contributed by atoms with Gasteiger partial charge in [-0.3, -0.25) is 4.79 Å². The van der Waals surface area contributed by atoms with Crippen molar-refractivity contribution in [2.75, 3.05) is 5.88 Å². The maximum absolute atomic E-state index is 13.1. The van der Waals surface area contributed by atoms with Crippen LogP contribution < -0.4 is 0 Å². The molecule has 4 heteroatoms. The highest BCUT2D eigenvalue weighted by molar-refractivity contribution is 14.1. The van der Waals surface area contributed by atoms with Crippen LogP contribution in [0.3, 0.4) is 0 Å². The van der Waals surface area contributed by atoms with E-state index in [0.29, 0.717) is 0 Å². The molecule has 0 saturated heterocycles. The van der Waals surface area contributed by atoms with Crippen molar-refractivity contribution in [2.24, 2.45) is 0 Å². The second-order valence-corrected chi connectivity index (χ2v) is 4.11. The Morgan fingerprint density at radius 2 is 2.23 bits per heavy atom. The number of benzene rings is 1. The van der Waals surface area contributed by atoms with E-state index >= 15 is 0 Å². The van der Waals surface area contributed by atoms with Gasteiger partial charge in [0.05, 0.1) is 5.56 Å². The van der Waals surface area contributed by atoms with Gasteiger partial charge in [0.25, 0.3) is 0 Å². The molecule has 0 radical (unpaired) electrons. The second kappa shape index (κ2) is 4.91. The van der Waals surface area contributed by atoms with Crippen molar-refractivity contribution >= 4 is 40.0 Å². The zero-order valence-electron chi connectivity index (χ0n) is 6.69. The van der Waals surface area contributed by atoms with Crippen LogP contribution in [0.25, 0.3) is 0 Å². The molecule has 0 spiro atoms. The second-order valence-electron chi connectivity index (χ2n) is 2.49. The Balaban J connectivity index is 2.99. The molecular weight excluding hydrogens is 305 g/mol. The molecular formula is C9H7ClFIO. The fourth-order valence-corrected chi connectivity index (χ4v) is 1.59. The first-order valence-corrected chi connectivity index (χ1v) is 5.30. The molecule has 0 fully saturated rings. The molecule has 0 aliphatic carbocycles. The number of hydrogen-bond acceptors (Lipinski definition) is 1. The van der Waals surface area contributed by atoms with Crippen molar-refractivity contribution in [1.29, 1.82) is 0 Å². The predicted octanol–water partition coefficient (Wildman–Crippen LogP) is 3.24. The summed E-state index contributed by atoms with van der Waals surface area (Å²) >= 11 is 7.43. The maximum atomic E-state index is 13.1. The first-order valence-electron chi connectivity index (χ1n) is 3.69. The summed E-state index contributed by atoms with van der Waals surface area (Å²) in [5.41, 5.74) is 0.132. The molecule has 0 atom stereocenters. The van der Waals surface area contributed by atoms with Gasteiger partial charge in [-0.05, 0) is 40.8 Å². The van der Waals surface area contributed by atoms with Crippen LogP contribution >= 0.6 is 34.2 Å². The quantitative estimate of drug-likeness (QED) is 0.476. The average Bonchev–Trinajstić information content (AvgIpc) is 2.09. The van der Waals surface area contributed by atoms with Gasteiger partial charge in [-0.15, -0.1) is 11.6 Å². The van der Waals surface area contributed by atoms with Crippen LogP contribution in [0.15, 0.2) is 18.2 Å². The molecule has 1 rings (SSSR count). The smallest absolute Gasteiger partial charge is 0.167 e. The molecule has 0 amide bonds. The molecule has 1 aromatic carbocycles. The summed E-state index contributed by atoms with van der Waals surface area (Å²) in [4.78, 5) is 11.3. The van der Waals surface area contributed by atoms with E-state index in [1.807, 2.05) is 22.6 Å². The fraction of sp³-hybridized carbons (Fsp3) is 0.222. The number of Topliss-reactive ketones (excluding diaryl/α,β-unsaturated/α-hetero) is 1. The van der Waals surface area contributed by atoms with E-state index < -0.39 is 5.82 Å². The number of rotatable bonds is 3. The molecule has 70 valence electrons. The Morgan fingerprint density at radius 3 is 2.85 bits per heavy atom. The zero-order valence-corrected chi connectivity index (χ0v) is 9.60. The van der Waals surface area contributed by atoms with Gasteiger partial charge in [-0.2, -0.15) is 0 Å². The first-order chi connectivity index (χ1) is 6.15. The lowest BCUT2D eigenvalue weighted by Crippen LogP contribution is -2.03. The van der Waals surface area contributed by atoms with E-state index in [9.17, 15) is 9.18 Å². The SMILES string of the molecule is O=C(CCCl)c1cc(I)ccc1F. The number of alkyl halides is 1. The molecule has 0 N–H and O–H groups in total. The molecule has 0 aliphatic rings. The lowest BCUT2D eigenvalue weighted by molar-refractivity contribution is 0.0985. The minimum Gasteiger partial charge on any atom is -0.294 e. The van der Waals surface area contributed by atoms with E-state index in [4.69, 9.17) is 11.6 Å². The molecule has 0 heterocycles. The number of hydrogen-bond donors (Lipinski definition) is 0. The van der Waals surface area contributed by atoms with Crippen molar-refractivity contribution in [1.82, 2.24) is 0 Å². The van der Waals surface area contributed by atoms with Crippen LogP contribution in [0.4, 0.5) is 4.39 Å². The lowest BCUT2D eigenvalue weighted by Gasteiger charge is -2.00. The van der Waals surface area contributed by atoms with E-state index in [1.54, 1.807) is 6.07 Å². The van der Waals surface area contributed by atoms with Gasteiger partial charge in [0.2, 0.25) is 0 Å². The normalized spacial score (nSPS) is 10.1. The highest BCUT2D eigenvalue weighted by Crippen LogP contribution is 2.14. The monoisotopic (exact) mass is 312 g/mol. The fourth-order valence-electron chi connectivity index (χ4n) is 0.932. The van der Waals surface area contributed by atoms with Gasteiger partial charge in [0.1, 0.15) is 5.82 Å². The minimum absolute atomic E-state index is 0.132. The Hall–Kier alpha value is -0.160. The average molecular weight is 313 g/mol. The zero-order chi connectivity index (χ0) is 9.84. The highest BCUT2D eigenvalue weighted by Gasteiger charge is 2.10. The lowest BCUT2D eigenvalue weighted by atomic mass is 10.1. The van der Waals surface area contributed by atoms with Crippen LogP contribution in [0, 0.1) is 9.39 Å². The van der Waals surface area contributed by atoms with Crippen LogP contribution in [-0.4, -0.2) is 11.7 Å². The van der Waals surface area contributed by atoms with E-state index in [-0.39, 0.29) is 23.6 Å². The van der Waals surface area contributed by atoms with E-state index in [1.165, 1.54) is 12.1 Å². The van der Waals surface area contributed by atoms with Crippen LogP contribution in [-0.2, 0) is 0 Å². The van der Waals surface area contributed by atoms with Gasteiger partial charge in [0.15, 0.2) is 5.78 Å². The maximum Gasteiger partial charge on any atom is 0.167 e. The third-order valence-corrected chi connectivity index (χ3v) is 2.41. The Bertz CT molecular complexity index is 327. The third kappa shape index (κ3) is 2.91. The van der Waals surface area contributed by atoms with Gasteiger partial charge in [-0.1, -0.05) is 0 Å². The van der Waals surface area contributed by atoms with E-state index in [0.717, 1.165) is 3.57 Å². The van der Waals surface area contributed by atoms with E-state index in [2.05, 4.69) is 0 Å². The number of carbonyl (C=O) groups is 1. The summed E-state index contributed by atoms with van der Waals surface area (Å²) in [6.45, 7) is 0. The number of ketones is 1. The minimum atomic E-state index is -0.476. The van der Waals surface area contributed by atoms with Gasteiger partial charge in [-0.25, -0.2) is 4.39 Å². The van der Waals surface area contributed by atoms with Gasteiger partial charge in [0, 0.05) is 15.9 Å². The molecule has 13 heavy (non-hydrogen) atoms. The first kappa shape index (κ1) is 10.9. The predicted molar refractivity (Wildman–Crippen MR) is 58.8 cm³/mol. The van der Waals surface area contributed by atoms with Crippen molar-refractivity contribution in [3.8, 4) is 0 Å². The summed E-state index contributed by atoms with van der Waals surface area (Å²) < 4.78 is 13.9. The Morgan fingerprint density at radius 1 is 1.54 bits per heavy atom. The van der Waals surface area contributed by atoms with Gasteiger partial charge < -0.3 is 0 Å². The van der Waals surface area contributed by atoms with Crippen LogP contribution in [0.1, 0.15) is 16.8 Å².